The number of thiazole rings is 1. The van der Waals surface area contributed by atoms with Crippen LogP contribution in [0.1, 0.15) is 35.9 Å². The highest BCUT2D eigenvalue weighted by atomic mass is 32.1. The van der Waals surface area contributed by atoms with Gasteiger partial charge in [-0.3, -0.25) is 4.90 Å². The van der Waals surface area contributed by atoms with E-state index in [9.17, 15) is 0 Å². The van der Waals surface area contributed by atoms with Crippen LogP contribution in [-0.4, -0.2) is 46.4 Å². The summed E-state index contributed by atoms with van der Waals surface area (Å²) in [7, 11) is 0. The van der Waals surface area contributed by atoms with E-state index in [1.165, 1.54) is 17.8 Å². The van der Waals surface area contributed by atoms with Gasteiger partial charge in [0.05, 0.1) is 17.3 Å². The van der Waals surface area contributed by atoms with Gasteiger partial charge >= 0.3 is 0 Å². The molecule has 1 aliphatic rings. The molecule has 2 rings (SSSR count). The van der Waals surface area contributed by atoms with Crippen LogP contribution in [0.3, 0.4) is 0 Å². The Morgan fingerprint density at radius 2 is 2.12 bits per heavy atom. The number of hydrogen-bond donors (Lipinski definition) is 2. The maximum atomic E-state index is 9.00. The smallest absolute Gasteiger partial charge is 0.0959 e. The molecule has 4 nitrogen and oxygen atoms in total. The fourth-order valence-corrected chi connectivity index (χ4v) is 2.83. The Morgan fingerprint density at radius 3 is 2.76 bits per heavy atom. The number of nitrogens with zero attached hydrogens (tertiary/aromatic N) is 2. The van der Waals surface area contributed by atoms with Gasteiger partial charge in [-0.1, -0.05) is 0 Å². The van der Waals surface area contributed by atoms with Crippen molar-refractivity contribution in [3.63, 3.8) is 0 Å². The molecule has 0 amide bonds. The van der Waals surface area contributed by atoms with Crippen LogP contribution in [0.25, 0.3) is 0 Å². The lowest BCUT2D eigenvalue weighted by atomic mass is 10.3. The monoisotopic (exact) mass is 256 g/mol. The second-order valence-electron chi connectivity index (χ2n) is 4.53. The molecular formula is C12H20N2O2S. The third kappa shape index (κ3) is 4.03. The van der Waals surface area contributed by atoms with Gasteiger partial charge in [0.2, 0.25) is 0 Å². The third-order valence-electron chi connectivity index (χ3n) is 2.93. The number of hydrogen-bond acceptors (Lipinski definition) is 5. The Morgan fingerprint density at radius 1 is 1.29 bits per heavy atom. The molecule has 0 aliphatic heterocycles. The van der Waals surface area contributed by atoms with E-state index in [2.05, 4.69) is 15.3 Å². The fourth-order valence-electron chi connectivity index (χ4n) is 1.85. The maximum Gasteiger partial charge on any atom is 0.0959 e. The van der Waals surface area contributed by atoms with Crippen LogP contribution in [0.5, 0.6) is 0 Å². The van der Waals surface area contributed by atoms with E-state index in [-0.39, 0.29) is 13.2 Å². The lowest BCUT2D eigenvalue weighted by molar-refractivity contribution is 0.173. The van der Waals surface area contributed by atoms with Crippen molar-refractivity contribution < 1.29 is 10.2 Å². The van der Waals surface area contributed by atoms with Crippen molar-refractivity contribution in [2.24, 2.45) is 0 Å². The molecule has 17 heavy (non-hydrogen) atoms. The minimum absolute atomic E-state index is 0.158. The van der Waals surface area contributed by atoms with E-state index in [0.29, 0.717) is 6.54 Å². The van der Waals surface area contributed by atoms with E-state index in [4.69, 9.17) is 10.2 Å². The molecular weight excluding hydrogens is 236 g/mol. The molecule has 5 heteroatoms. The Hall–Kier alpha value is -0.490. The summed E-state index contributed by atoms with van der Waals surface area (Å²) in [5, 5.41) is 21.2. The summed E-state index contributed by atoms with van der Waals surface area (Å²) >= 11 is 1.75. The molecule has 1 aromatic rings. The van der Waals surface area contributed by atoms with Gasteiger partial charge in [0.1, 0.15) is 0 Å². The molecule has 0 unspecified atom stereocenters. The van der Waals surface area contributed by atoms with Crippen molar-refractivity contribution in [3.05, 3.63) is 16.1 Å². The molecule has 0 aromatic carbocycles. The first-order valence-electron chi connectivity index (χ1n) is 6.22. The first-order valence-corrected chi connectivity index (χ1v) is 7.10. The van der Waals surface area contributed by atoms with E-state index < -0.39 is 0 Å². The maximum absolute atomic E-state index is 9.00. The number of aliphatic hydroxyl groups excluding tert-OH is 2. The van der Waals surface area contributed by atoms with Crippen LogP contribution in [0.2, 0.25) is 0 Å². The second kappa shape index (κ2) is 6.44. The normalized spacial score (nSPS) is 15.7. The van der Waals surface area contributed by atoms with Gasteiger partial charge in [-0.2, -0.15) is 0 Å². The quantitative estimate of drug-likeness (QED) is 0.734. The first-order chi connectivity index (χ1) is 8.33. The number of rotatable bonds is 8. The van der Waals surface area contributed by atoms with Crippen LogP contribution >= 0.6 is 11.3 Å². The zero-order chi connectivity index (χ0) is 12.1. The van der Waals surface area contributed by atoms with Crippen molar-refractivity contribution in [3.8, 4) is 0 Å². The van der Waals surface area contributed by atoms with Gasteiger partial charge in [-0.05, 0) is 19.3 Å². The molecule has 0 radical (unpaired) electrons. The molecule has 1 aromatic heterocycles. The number of aliphatic hydroxyl groups is 2. The Balaban J connectivity index is 1.85. The zero-order valence-corrected chi connectivity index (χ0v) is 10.8. The number of aromatic nitrogens is 1. The predicted molar refractivity (Wildman–Crippen MR) is 68.2 cm³/mol. The summed E-state index contributed by atoms with van der Waals surface area (Å²) < 4.78 is 0. The molecule has 1 fully saturated rings. The largest absolute Gasteiger partial charge is 0.396 e. The Kier molecular flexibility index (Phi) is 4.91. The average Bonchev–Trinajstić information content (AvgIpc) is 3.08. The molecule has 0 spiro atoms. The van der Waals surface area contributed by atoms with E-state index in [1.54, 1.807) is 11.3 Å². The van der Waals surface area contributed by atoms with Crippen molar-refractivity contribution in [1.82, 2.24) is 9.88 Å². The highest BCUT2D eigenvalue weighted by Gasteiger charge is 2.26. The lowest BCUT2D eigenvalue weighted by Gasteiger charge is -2.19. The minimum atomic E-state index is 0.158. The van der Waals surface area contributed by atoms with E-state index in [0.717, 1.165) is 31.1 Å². The summed E-state index contributed by atoms with van der Waals surface area (Å²) in [4.78, 5) is 6.78. The van der Waals surface area contributed by atoms with Gasteiger partial charge < -0.3 is 10.2 Å². The topological polar surface area (TPSA) is 56.6 Å². The van der Waals surface area contributed by atoms with Gasteiger partial charge in [-0.25, -0.2) is 4.98 Å². The van der Waals surface area contributed by atoms with Crippen molar-refractivity contribution >= 4 is 11.3 Å². The zero-order valence-electron chi connectivity index (χ0n) is 10.0. The van der Waals surface area contributed by atoms with Crippen LogP contribution < -0.4 is 0 Å². The molecule has 0 bridgehead atoms. The predicted octanol–water partition coefficient (Wildman–Crippen LogP) is 1.20. The van der Waals surface area contributed by atoms with Crippen molar-refractivity contribution in [1.29, 1.82) is 0 Å². The van der Waals surface area contributed by atoms with E-state index >= 15 is 0 Å². The van der Waals surface area contributed by atoms with Gasteiger partial charge in [-0.15, -0.1) is 11.3 Å². The van der Waals surface area contributed by atoms with Gasteiger partial charge in [0, 0.05) is 37.5 Å². The van der Waals surface area contributed by atoms with Crippen LogP contribution in [-0.2, 0) is 6.54 Å². The molecule has 2 N–H and O–H groups in total. The summed E-state index contributed by atoms with van der Waals surface area (Å²) in [5.41, 5.74) is 1.10. The molecule has 1 aliphatic carbocycles. The van der Waals surface area contributed by atoms with Gasteiger partial charge in [0.25, 0.3) is 0 Å². The first kappa shape index (κ1) is 13.0. The minimum Gasteiger partial charge on any atom is -0.396 e. The van der Waals surface area contributed by atoms with E-state index in [1.807, 2.05) is 0 Å². The molecule has 1 heterocycles. The van der Waals surface area contributed by atoms with Crippen LogP contribution in [0.4, 0.5) is 0 Å². The van der Waals surface area contributed by atoms with Gasteiger partial charge in [0.15, 0.2) is 0 Å². The van der Waals surface area contributed by atoms with Crippen molar-refractivity contribution in [2.75, 3.05) is 26.3 Å². The molecule has 0 atom stereocenters. The lowest BCUT2D eigenvalue weighted by Crippen LogP contribution is -2.28. The van der Waals surface area contributed by atoms with Crippen molar-refractivity contribution in [2.45, 2.75) is 31.7 Å². The summed E-state index contributed by atoms with van der Waals surface area (Å²) in [5.74, 6) is 0.720. The summed E-state index contributed by atoms with van der Waals surface area (Å²) in [6.45, 7) is 2.60. The average molecular weight is 256 g/mol. The standard InChI is InChI=1S/C12H20N2O2S/c15-6-1-4-14(5-7-16)8-11-9-17-12(13-11)10-2-3-10/h9-10,15-16H,1-8H2. The highest BCUT2D eigenvalue weighted by Crippen LogP contribution is 2.41. The molecule has 0 saturated heterocycles. The van der Waals surface area contributed by atoms with Crippen LogP contribution in [0.15, 0.2) is 5.38 Å². The second-order valence-corrected chi connectivity index (χ2v) is 5.42. The Labute approximate surface area is 106 Å². The fraction of sp³-hybridized carbons (Fsp3) is 0.750. The third-order valence-corrected chi connectivity index (χ3v) is 3.99. The molecule has 96 valence electrons. The molecule has 1 saturated carbocycles. The Bertz CT molecular complexity index is 339. The summed E-state index contributed by atoms with van der Waals surface area (Å²) in [6, 6.07) is 0. The van der Waals surface area contributed by atoms with Crippen LogP contribution in [0, 0.1) is 0 Å². The SMILES string of the molecule is OCCCN(CCO)Cc1csc(C2CC2)n1. The summed E-state index contributed by atoms with van der Waals surface area (Å²) in [6.07, 6.45) is 3.33. The highest BCUT2D eigenvalue weighted by molar-refractivity contribution is 7.09.